The SMILES string of the molecule is NC(=S)c1ccc(NC2CCCOC2)cc1F. The van der Waals surface area contributed by atoms with Gasteiger partial charge < -0.3 is 15.8 Å². The molecule has 1 aliphatic rings. The Hall–Kier alpha value is -1.20. The standard InChI is InChI=1S/C12H15FN2OS/c13-11-6-8(3-4-10(11)12(14)17)15-9-2-1-5-16-7-9/h3-4,6,9,15H,1-2,5,7H2,(H2,14,17). The number of hydrogen-bond acceptors (Lipinski definition) is 3. The maximum absolute atomic E-state index is 13.6. The van der Waals surface area contributed by atoms with Crippen LogP contribution in [0.1, 0.15) is 18.4 Å². The van der Waals surface area contributed by atoms with E-state index in [-0.39, 0.29) is 22.4 Å². The van der Waals surface area contributed by atoms with E-state index in [0.29, 0.717) is 6.61 Å². The Balaban J connectivity index is 2.06. The second-order valence-electron chi connectivity index (χ2n) is 4.12. The largest absolute Gasteiger partial charge is 0.389 e. The van der Waals surface area contributed by atoms with Gasteiger partial charge in [0, 0.05) is 23.9 Å². The zero-order valence-electron chi connectivity index (χ0n) is 9.41. The summed E-state index contributed by atoms with van der Waals surface area (Å²) in [7, 11) is 0. The molecule has 5 heteroatoms. The van der Waals surface area contributed by atoms with Gasteiger partial charge in [-0.2, -0.15) is 0 Å². The summed E-state index contributed by atoms with van der Waals surface area (Å²) in [5, 5.41) is 3.24. The lowest BCUT2D eigenvalue weighted by Crippen LogP contribution is -2.30. The van der Waals surface area contributed by atoms with Gasteiger partial charge in [-0.15, -0.1) is 0 Å². The number of thiocarbonyl (C=S) groups is 1. The van der Waals surface area contributed by atoms with E-state index in [0.717, 1.165) is 25.1 Å². The van der Waals surface area contributed by atoms with Gasteiger partial charge >= 0.3 is 0 Å². The van der Waals surface area contributed by atoms with Crippen LogP contribution in [0.2, 0.25) is 0 Å². The number of rotatable bonds is 3. The molecule has 3 N–H and O–H groups in total. The summed E-state index contributed by atoms with van der Waals surface area (Å²) >= 11 is 4.75. The van der Waals surface area contributed by atoms with Gasteiger partial charge in [-0.25, -0.2) is 4.39 Å². The van der Waals surface area contributed by atoms with Crippen LogP contribution in [0.4, 0.5) is 10.1 Å². The lowest BCUT2D eigenvalue weighted by molar-refractivity contribution is 0.0876. The van der Waals surface area contributed by atoms with Gasteiger partial charge in [-0.3, -0.25) is 0 Å². The second-order valence-corrected chi connectivity index (χ2v) is 4.56. The van der Waals surface area contributed by atoms with E-state index in [4.69, 9.17) is 22.7 Å². The third-order valence-electron chi connectivity index (χ3n) is 2.77. The van der Waals surface area contributed by atoms with Gasteiger partial charge in [0.25, 0.3) is 0 Å². The van der Waals surface area contributed by atoms with Crippen LogP contribution in [0.3, 0.4) is 0 Å². The number of hydrogen-bond donors (Lipinski definition) is 2. The highest BCUT2D eigenvalue weighted by molar-refractivity contribution is 7.80. The van der Waals surface area contributed by atoms with E-state index in [9.17, 15) is 4.39 Å². The number of nitrogens with one attached hydrogen (secondary N) is 1. The molecule has 1 aromatic carbocycles. The number of ether oxygens (including phenoxy) is 1. The fraction of sp³-hybridized carbons (Fsp3) is 0.417. The van der Waals surface area contributed by atoms with Crippen LogP contribution in [0.15, 0.2) is 18.2 Å². The molecule has 1 atom stereocenters. The Morgan fingerprint density at radius 3 is 2.94 bits per heavy atom. The normalized spacial score (nSPS) is 19.9. The van der Waals surface area contributed by atoms with Crippen molar-refractivity contribution in [2.45, 2.75) is 18.9 Å². The molecule has 1 aliphatic heterocycles. The van der Waals surface area contributed by atoms with E-state index in [1.807, 2.05) is 0 Å². The van der Waals surface area contributed by atoms with Crippen molar-refractivity contribution >= 4 is 22.9 Å². The van der Waals surface area contributed by atoms with E-state index in [1.54, 1.807) is 12.1 Å². The molecular formula is C12H15FN2OS. The predicted molar refractivity (Wildman–Crippen MR) is 69.8 cm³/mol. The molecule has 1 aromatic rings. The van der Waals surface area contributed by atoms with Crippen LogP contribution < -0.4 is 11.1 Å². The molecule has 1 unspecified atom stereocenters. The van der Waals surface area contributed by atoms with E-state index in [2.05, 4.69) is 5.32 Å². The average molecular weight is 254 g/mol. The number of anilines is 1. The van der Waals surface area contributed by atoms with Gasteiger partial charge in [0.1, 0.15) is 10.8 Å². The molecule has 0 radical (unpaired) electrons. The van der Waals surface area contributed by atoms with Crippen LogP contribution in [-0.2, 0) is 4.74 Å². The Morgan fingerprint density at radius 2 is 2.35 bits per heavy atom. The highest BCUT2D eigenvalue weighted by atomic mass is 32.1. The topological polar surface area (TPSA) is 47.3 Å². The summed E-state index contributed by atoms with van der Waals surface area (Å²) in [6, 6.07) is 5.05. The van der Waals surface area contributed by atoms with E-state index < -0.39 is 0 Å². The minimum absolute atomic E-state index is 0.0787. The highest BCUT2D eigenvalue weighted by Crippen LogP contribution is 2.18. The Labute approximate surface area is 105 Å². The smallest absolute Gasteiger partial charge is 0.135 e. The van der Waals surface area contributed by atoms with Gasteiger partial charge in [-0.1, -0.05) is 12.2 Å². The minimum atomic E-state index is -0.390. The van der Waals surface area contributed by atoms with Crippen LogP contribution in [-0.4, -0.2) is 24.2 Å². The van der Waals surface area contributed by atoms with E-state index >= 15 is 0 Å². The third-order valence-corrected chi connectivity index (χ3v) is 2.99. The summed E-state index contributed by atoms with van der Waals surface area (Å²) < 4.78 is 19.0. The summed E-state index contributed by atoms with van der Waals surface area (Å²) in [5.74, 6) is -0.390. The van der Waals surface area contributed by atoms with Gasteiger partial charge in [-0.05, 0) is 31.0 Å². The summed E-state index contributed by atoms with van der Waals surface area (Å²) in [6.07, 6.45) is 2.07. The first-order valence-corrected chi connectivity index (χ1v) is 6.01. The van der Waals surface area contributed by atoms with Gasteiger partial charge in [0.2, 0.25) is 0 Å². The average Bonchev–Trinajstić information content (AvgIpc) is 2.30. The highest BCUT2D eigenvalue weighted by Gasteiger charge is 2.14. The fourth-order valence-corrected chi connectivity index (χ4v) is 2.06. The number of halogens is 1. The first-order valence-electron chi connectivity index (χ1n) is 5.60. The number of nitrogens with two attached hydrogens (primary N) is 1. The van der Waals surface area contributed by atoms with Crippen LogP contribution in [0.5, 0.6) is 0 Å². The predicted octanol–water partition coefficient (Wildman–Crippen LogP) is 2.05. The van der Waals surface area contributed by atoms with Gasteiger partial charge in [0.15, 0.2) is 0 Å². The molecule has 92 valence electrons. The Kier molecular flexibility index (Phi) is 3.91. The van der Waals surface area contributed by atoms with Gasteiger partial charge in [0.05, 0.1) is 6.61 Å². The maximum Gasteiger partial charge on any atom is 0.135 e. The summed E-state index contributed by atoms with van der Waals surface area (Å²) in [6.45, 7) is 1.48. The van der Waals surface area contributed by atoms with Crippen molar-refractivity contribution in [3.05, 3.63) is 29.6 Å². The zero-order valence-corrected chi connectivity index (χ0v) is 10.2. The molecule has 1 saturated heterocycles. The van der Waals surface area contributed by atoms with Crippen molar-refractivity contribution in [3.8, 4) is 0 Å². The quantitative estimate of drug-likeness (QED) is 0.810. The monoisotopic (exact) mass is 254 g/mol. The molecule has 0 spiro atoms. The molecule has 0 saturated carbocycles. The molecule has 2 rings (SSSR count). The van der Waals surface area contributed by atoms with Crippen molar-refractivity contribution < 1.29 is 9.13 Å². The Morgan fingerprint density at radius 1 is 1.53 bits per heavy atom. The molecule has 0 bridgehead atoms. The molecule has 1 heterocycles. The maximum atomic E-state index is 13.6. The van der Waals surface area contributed by atoms with Crippen LogP contribution in [0.25, 0.3) is 0 Å². The Bertz CT molecular complexity index is 419. The molecule has 1 fully saturated rings. The molecular weight excluding hydrogens is 239 g/mol. The summed E-state index contributed by atoms with van der Waals surface area (Å²) in [5.41, 5.74) is 6.42. The van der Waals surface area contributed by atoms with Crippen molar-refractivity contribution in [2.75, 3.05) is 18.5 Å². The lowest BCUT2D eigenvalue weighted by Gasteiger charge is -2.24. The lowest BCUT2D eigenvalue weighted by atomic mass is 10.1. The summed E-state index contributed by atoms with van der Waals surface area (Å²) in [4.78, 5) is 0.0787. The van der Waals surface area contributed by atoms with Crippen molar-refractivity contribution in [3.63, 3.8) is 0 Å². The molecule has 0 amide bonds. The first-order chi connectivity index (χ1) is 8.16. The number of benzene rings is 1. The minimum Gasteiger partial charge on any atom is -0.389 e. The van der Waals surface area contributed by atoms with Crippen LogP contribution >= 0.6 is 12.2 Å². The fourth-order valence-electron chi connectivity index (χ4n) is 1.89. The molecule has 3 nitrogen and oxygen atoms in total. The van der Waals surface area contributed by atoms with Crippen molar-refractivity contribution in [1.29, 1.82) is 0 Å². The zero-order chi connectivity index (χ0) is 12.3. The third kappa shape index (κ3) is 3.14. The second kappa shape index (κ2) is 5.42. The van der Waals surface area contributed by atoms with Crippen molar-refractivity contribution in [1.82, 2.24) is 0 Å². The van der Waals surface area contributed by atoms with Crippen LogP contribution in [0, 0.1) is 5.82 Å². The van der Waals surface area contributed by atoms with E-state index in [1.165, 1.54) is 6.07 Å². The molecule has 17 heavy (non-hydrogen) atoms. The van der Waals surface area contributed by atoms with Crippen molar-refractivity contribution in [2.24, 2.45) is 5.73 Å². The molecule has 0 aromatic heterocycles. The molecule has 0 aliphatic carbocycles. The first kappa shape index (κ1) is 12.3.